The maximum atomic E-state index is 13.6. The summed E-state index contributed by atoms with van der Waals surface area (Å²) in [5, 5.41) is 3.50. The highest BCUT2D eigenvalue weighted by Crippen LogP contribution is 2.36. The lowest BCUT2D eigenvalue weighted by molar-refractivity contribution is 0.426. The molecule has 2 unspecified atom stereocenters. The van der Waals surface area contributed by atoms with E-state index in [9.17, 15) is 4.39 Å². The van der Waals surface area contributed by atoms with E-state index in [0.717, 1.165) is 23.6 Å². The summed E-state index contributed by atoms with van der Waals surface area (Å²) >= 11 is 1.95. The molecule has 1 heterocycles. The fraction of sp³-hybridized carbons (Fsp3) is 0.571. The molecule has 1 N–H and O–H groups in total. The Morgan fingerprint density at radius 2 is 2.24 bits per heavy atom. The topological polar surface area (TPSA) is 12.0 Å². The zero-order chi connectivity index (χ0) is 12.4. The molecule has 1 aromatic carbocycles. The smallest absolute Gasteiger partial charge is 0.123 e. The number of rotatable bonds is 2. The van der Waals surface area contributed by atoms with Crippen molar-refractivity contribution in [2.45, 2.75) is 32.6 Å². The number of nitrogens with one attached hydrogen (secondary N) is 1. The van der Waals surface area contributed by atoms with Gasteiger partial charge in [-0.3, -0.25) is 0 Å². The van der Waals surface area contributed by atoms with Gasteiger partial charge in [0.05, 0.1) is 0 Å². The molecule has 0 saturated heterocycles. The van der Waals surface area contributed by atoms with E-state index >= 15 is 0 Å². The summed E-state index contributed by atoms with van der Waals surface area (Å²) < 4.78 is 13.6. The standard InChI is InChI=1S/C14H20FNS/c1-4-16-14-10(3)7-17-8-13-9(2)5-11(15)6-12(13)14/h5-6,10,14,16H,4,7-8H2,1-3H3. The Kier molecular flexibility index (Phi) is 4.10. The van der Waals surface area contributed by atoms with Crippen molar-refractivity contribution in [3.63, 3.8) is 0 Å². The first-order valence-electron chi connectivity index (χ1n) is 6.23. The third-order valence-electron chi connectivity index (χ3n) is 3.43. The summed E-state index contributed by atoms with van der Waals surface area (Å²) in [7, 11) is 0. The second-order valence-electron chi connectivity index (χ2n) is 4.82. The van der Waals surface area contributed by atoms with Crippen molar-refractivity contribution in [1.82, 2.24) is 5.32 Å². The summed E-state index contributed by atoms with van der Waals surface area (Å²) in [6, 6.07) is 3.66. The highest BCUT2D eigenvalue weighted by Gasteiger charge is 2.25. The molecule has 1 aromatic rings. The van der Waals surface area contributed by atoms with Gasteiger partial charge in [-0.2, -0.15) is 11.8 Å². The Morgan fingerprint density at radius 1 is 1.47 bits per heavy atom. The number of benzene rings is 1. The summed E-state index contributed by atoms with van der Waals surface area (Å²) in [4.78, 5) is 0. The minimum atomic E-state index is -0.108. The van der Waals surface area contributed by atoms with Crippen molar-refractivity contribution < 1.29 is 4.39 Å². The largest absolute Gasteiger partial charge is 0.310 e. The van der Waals surface area contributed by atoms with Gasteiger partial charge < -0.3 is 5.32 Å². The van der Waals surface area contributed by atoms with Crippen LogP contribution in [-0.2, 0) is 5.75 Å². The first kappa shape index (κ1) is 12.9. The zero-order valence-electron chi connectivity index (χ0n) is 10.7. The third-order valence-corrected chi connectivity index (χ3v) is 4.68. The van der Waals surface area contributed by atoms with Crippen molar-refractivity contribution >= 4 is 11.8 Å². The summed E-state index contributed by atoms with van der Waals surface area (Å²) in [6.45, 7) is 7.29. The van der Waals surface area contributed by atoms with E-state index in [1.165, 1.54) is 11.1 Å². The van der Waals surface area contributed by atoms with Gasteiger partial charge in [0.15, 0.2) is 0 Å². The van der Waals surface area contributed by atoms with Gasteiger partial charge in [0.1, 0.15) is 5.82 Å². The average molecular weight is 253 g/mol. The van der Waals surface area contributed by atoms with Crippen LogP contribution >= 0.6 is 11.8 Å². The monoisotopic (exact) mass is 253 g/mol. The zero-order valence-corrected chi connectivity index (χ0v) is 11.5. The van der Waals surface area contributed by atoms with Crippen molar-refractivity contribution in [3.05, 3.63) is 34.6 Å². The molecule has 1 aliphatic rings. The van der Waals surface area contributed by atoms with E-state index in [4.69, 9.17) is 0 Å². The van der Waals surface area contributed by atoms with E-state index < -0.39 is 0 Å². The van der Waals surface area contributed by atoms with Crippen LogP contribution in [0.5, 0.6) is 0 Å². The molecule has 0 amide bonds. The molecular formula is C14H20FNS. The maximum absolute atomic E-state index is 13.6. The van der Waals surface area contributed by atoms with Gasteiger partial charge in [-0.15, -0.1) is 0 Å². The van der Waals surface area contributed by atoms with Gasteiger partial charge in [0, 0.05) is 11.8 Å². The van der Waals surface area contributed by atoms with E-state index in [2.05, 4.69) is 19.2 Å². The normalized spacial score (nSPS) is 24.2. The highest BCUT2D eigenvalue weighted by molar-refractivity contribution is 7.98. The number of hydrogen-bond donors (Lipinski definition) is 1. The molecule has 0 spiro atoms. The quantitative estimate of drug-likeness (QED) is 0.863. The first-order chi connectivity index (χ1) is 8.13. The molecule has 94 valence electrons. The predicted molar refractivity (Wildman–Crippen MR) is 72.9 cm³/mol. The molecule has 0 bridgehead atoms. The number of hydrogen-bond acceptors (Lipinski definition) is 2. The molecule has 1 aliphatic heterocycles. The molecule has 0 radical (unpaired) electrons. The van der Waals surface area contributed by atoms with Crippen LogP contribution < -0.4 is 5.32 Å². The van der Waals surface area contributed by atoms with Crippen molar-refractivity contribution in [2.24, 2.45) is 5.92 Å². The van der Waals surface area contributed by atoms with Crippen LogP contribution in [0.4, 0.5) is 4.39 Å². The van der Waals surface area contributed by atoms with Crippen LogP contribution in [0.25, 0.3) is 0 Å². The molecule has 2 atom stereocenters. The van der Waals surface area contributed by atoms with Gasteiger partial charge >= 0.3 is 0 Å². The molecule has 0 saturated carbocycles. The average Bonchev–Trinajstić information content (AvgIpc) is 2.41. The van der Waals surface area contributed by atoms with Gasteiger partial charge in [-0.1, -0.05) is 13.8 Å². The van der Waals surface area contributed by atoms with Gasteiger partial charge in [-0.05, 0) is 54.0 Å². The SMILES string of the molecule is CCNC1c2cc(F)cc(C)c2CSCC1C. The Labute approximate surface area is 107 Å². The number of halogens is 1. The maximum Gasteiger partial charge on any atom is 0.123 e. The van der Waals surface area contributed by atoms with Gasteiger partial charge in [-0.25, -0.2) is 4.39 Å². The fourth-order valence-corrected chi connectivity index (χ4v) is 3.83. The Bertz CT molecular complexity index is 405. The minimum absolute atomic E-state index is 0.108. The van der Waals surface area contributed by atoms with Crippen LogP contribution in [-0.4, -0.2) is 12.3 Å². The molecule has 3 heteroatoms. The van der Waals surface area contributed by atoms with Crippen molar-refractivity contribution in [2.75, 3.05) is 12.3 Å². The van der Waals surface area contributed by atoms with Gasteiger partial charge in [0.2, 0.25) is 0 Å². The van der Waals surface area contributed by atoms with Crippen LogP contribution in [0.3, 0.4) is 0 Å². The molecule has 2 rings (SSSR count). The first-order valence-corrected chi connectivity index (χ1v) is 7.39. The third kappa shape index (κ3) is 2.66. The van der Waals surface area contributed by atoms with Crippen LogP contribution in [0.2, 0.25) is 0 Å². The van der Waals surface area contributed by atoms with E-state index in [0.29, 0.717) is 12.0 Å². The fourth-order valence-electron chi connectivity index (χ4n) is 2.55. The predicted octanol–water partition coefficient (Wildman–Crippen LogP) is 3.67. The summed E-state index contributed by atoms with van der Waals surface area (Å²) in [5.41, 5.74) is 3.58. The molecule has 17 heavy (non-hydrogen) atoms. The van der Waals surface area contributed by atoms with E-state index in [-0.39, 0.29) is 5.82 Å². The van der Waals surface area contributed by atoms with Crippen molar-refractivity contribution in [1.29, 1.82) is 0 Å². The molecule has 0 aliphatic carbocycles. The number of thioether (sulfide) groups is 1. The Balaban J connectivity index is 2.48. The summed E-state index contributed by atoms with van der Waals surface area (Å²) in [6.07, 6.45) is 0. The molecule has 0 fully saturated rings. The van der Waals surface area contributed by atoms with Crippen LogP contribution in [0.15, 0.2) is 12.1 Å². The van der Waals surface area contributed by atoms with E-state index in [1.54, 1.807) is 12.1 Å². The van der Waals surface area contributed by atoms with Crippen molar-refractivity contribution in [3.8, 4) is 0 Å². The minimum Gasteiger partial charge on any atom is -0.310 e. The molecular weight excluding hydrogens is 233 g/mol. The van der Waals surface area contributed by atoms with Gasteiger partial charge in [0.25, 0.3) is 0 Å². The summed E-state index contributed by atoms with van der Waals surface area (Å²) in [5.74, 6) is 2.58. The molecule has 1 nitrogen and oxygen atoms in total. The van der Waals surface area contributed by atoms with Crippen LogP contribution in [0, 0.1) is 18.7 Å². The lowest BCUT2D eigenvalue weighted by atomic mass is 9.90. The second-order valence-corrected chi connectivity index (χ2v) is 5.85. The van der Waals surface area contributed by atoms with E-state index in [1.807, 2.05) is 18.7 Å². The number of aryl methyl sites for hydroxylation is 1. The highest BCUT2D eigenvalue weighted by atomic mass is 32.2. The Morgan fingerprint density at radius 3 is 2.94 bits per heavy atom. The Hall–Kier alpha value is -0.540. The van der Waals surface area contributed by atoms with Crippen LogP contribution in [0.1, 0.15) is 36.6 Å². The second kappa shape index (κ2) is 5.40. The lowest BCUT2D eigenvalue weighted by Crippen LogP contribution is -2.28. The molecule has 0 aromatic heterocycles. The lowest BCUT2D eigenvalue weighted by Gasteiger charge is -2.24. The number of fused-ring (bicyclic) bond motifs is 1.